The molecule has 1 rings (SSSR count). The van der Waals surface area contributed by atoms with Gasteiger partial charge in [0, 0.05) is 12.3 Å². The van der Waals surface area contributed by atoms with E-state index in [9.17, 15) is 0 Å². The lowest BCUT2D eigenvalue weighted by molar-refractivity contribution is -0.118. The third kappa shape index (κ3) is 4.29. The van der Waals surface area contributed by atoms with Gasteiger partial charge in [-0.05, 0) is 19.3 Å². The molecule has 1 heterocycles. The Kier molecular flexibility index (Phi) is 5.75. The Hall–Kier alpha value is 0.200. The summed E-state index contributed by atoms with van der Waals surface area (Å²) in [7, 11) is 0. The van der Waals surface area contributed by atoms with Crippen LogP contribution in [0.1, 0.15) is 32.6 Å². The van der Waals surface area contributed by atoms with Gasteiger partial charge in [-0.1, -0.05) is 37.3 Å². The van der Waals surface area contributed by atoms with Gasteiger partial charge in [-0.3, -0.25) is 4.84 Å². The molecule has 0 spiro atoms. The van der Waals surface area contributed by atoms with E-state index < -0.39 is 0 Å². The number of unbranched alkanes of at least 4 members (excludes halogenated alkanes) is 1. The monoisotopic (exact) mass is 219 g/mol. The van der Waals surface area contributed by atoms with E-state index in [1.165, 1.54) is 25.7 Å². The predicted octanol–water partition coefficient (Wildman–Crippen LogP) is 2.83. The molecule has 0 radical (unpaired) electrons. The number of thioether (sulfide) groups is 1. The van der Waals surface area contributed by atoms with Crippen LogP contribution in [0.3, 0.4) is 0 Å². The Balaban J connectivity index is 2.13. The fraction of sp³-hybridized carbons (Fsp3) is 0.889. The van der Waals surface area contributed by atoms with Crippen LogP contribution in [0.5, 0.6) is 0 Å². The molecular weight excluding hydrogens is 202 g/mol. The molecule has 0 bridgehead atoms. The summed E-state index contributed by atoms with van der Waals surface area (Å²) in [5.41, 5.74) is 0. The van der Waals surface area contributed by atoms with Crippen LogP contribution >= 0.6 is 24.0 Å². The molecule has 4 heteroatoms. The smallest absolute Gasteiger partial charge is 0.160 e. The average molecular weight is 219 g/mol. The third-order valence-electron chi connectivity index (χ3n) is 1.93. The van der Waals surface area contributed by atoms with Crippen molar-refractivity contribution < 1.29 is 4.84 Å². The van der Waals surface area contributed by atoms with Gasteiger partial charge in [-0.25, -0.2) is 5.06 Å². The molecule has 2 nitrogen and oxygen atoms in total. The van der Waals surface area contributed by atoms with E-state index in [1.54, 1.807) is 11.8 Å². The standard InChI is InChI=1S/C9H17NOS2/c1-2-3-8-13-9(12)10-6-4-5-7-11-10/h2-8H2,1H3. The first-order chi connectivity index (χ1) is 6.34. The Bertz CT molecular complexity index is 158. The first-order valence-corrected chi connectivity index (χ1v) is 6.31. The zero-order valence-corrected chi connectivity index (χ0v) is 9.75. The van der Waals surface area contributed by atoms with Crippen molar-refractivity contribution in [3.05, 3.63) is 0 Å². The minimum atomic E-state index is 0.828. The summed E-state index contributed by atoms with van der Waals surface area (Å²) >= 11 is 6.99. The lowest BCUT2D eigenvalue weighted by Gasteiger charge is -2.27. The summed E-state index contributed by atoms with van der Waals surface area (Å²) in [6.07, 6.45) is 4.84. The minimum absolute atomic E-state index is 0.828. The molecule has 0 aromatic heterocycles. The largest absolute Gasteiger partial charge is 0.272 e. The summed E-state index contributed by atoms with van der Waals surface area (Å²) in [6, 6.07) is 0. The maximum Gasteiger partial charge on any atom is 0.160 e. The Labute approximate surface area is 90.0 Å². The topological polar surface area (TPSA) is 12.5 Å². The van der Waals surface area contributed by atoms with Gasteiger partial charge >= 0.3 is 0 Å². The van der Waals surface area contributed by atoms with Crippen molar-refractivity contribution in [3.8, 4) is 0 Å². The highest BCUT2D eigenvalue weighted by atomic mass is 32.2. The van der Waals surface area contributed by atoms with E-state index >= 15 is 0 Å². The molecular formula is C9H17NOS2. The fourth-order valence-electron chi connectivity index (χ4n) is 1.12. The lowest BCUT2D eigenvalue weighted by atomic mass is 10.3. The molecule has 0 N–H and O–H groups in total. The number of hydroxylamine groups is 2. The van der Waals surface area contributed by atoms with E-state index in [2.05, 4.69) is 6.92 Å². The van der Waals surface area contributed by atoms with Crippen LogP contribution in [0.4, 0.5) is 0 Å². The maximum atomic E-state index is 5.44. The normalized spacial score (nSPS) is 17.5. The minimum Gasteiger partial charge on any atom is -0.272 e. The van der Waals surface area contributed by atoms with E-state index in [1.807, 2.05) is 5.06 Å². The molecule has 0 amide bonds. The molecule has 0 aromatic rings. The maximum absolute atomic E-state index is 5.44. The Morgan fingerprint density at radius 3 is 3.00 bits per heavy atom. The summed E-state index contributed by atoms with van der Waals surface area (Å²) < 4.78 is 0.910. The second kappa shape index (κ2) is 6.62. The second-order valence-corrected chi connectivity index (χ2v) is 4.84. The van der Waals surface area contributed by atoms with Crippen LogP contribution in [0.25, 0.3) is 0 Å². The van der Waals surface area contributed by atoms with Crippen LogP contribution < -0.4 is 0 Å². The van der Waals surface area contributed by atoms with Crippen LogP contribution in [0.2, 0.25) is 0 Å². The molecule has 0 unspecified atom stereocenters. The van der Waals surface area contributed by atoms with Crippen LogP contribution in [-0.4, -0.2) is 28.3 Å². The summed E-state index contributed by atoms with van der Waals surface area (Å²) in [4.78, 5) is 5.44. The summed E-state index contributed by atoms with van der Waals surface area (Å²) in [6.45, 7) is 3.99. The highest BCUT2D eigenvalue weighted by molar-refractivity contribution is 8.22. The van der Waals surface area contributed by atoms with Gasteiger partial charge in [-0.2, -0.15) is 0 Å². The molecule has 0 aliphatic carbocycles. The van der Waals surface area contributed by atoms with Gasteiger partial charge in [-0.15, -0.1) is 0 Å². The summed E-state index contributed by atoms with van der Waals surface area (Å²) in [5.74, 6) is 1.12. The van der Waals surface area contributed by atoms with Crippen LogP contribution in [0, 0.1) is 0 Å². The van der Waals surface area contributed by atoms with Gasteiger partial charge < -0.3 is 0 Å². The molecule has 0 atom stereocenters. The van der Waals surface area contributed by atoms with Gasteiger partial charge in [0.2, 0.25) is 0 Å². The highest BCUT2D eigenvalue weighted by Crippen LogP contribution is 2.15. The van der Waals surface area contributed by atoms with Crippen molar-refractivity contribution in [1.82, 2.24) is 5.06 Å². The van der Waals surface area contributed by atoms with Gasteiger partial charge in [0.05, 0.1) is 6.61 Å². The van der Waals surface area contributed by atoms with E-state index in [0.717, 1.165) is 23.2 Å². The molecule has 1 fully saturated rings. The SMILES string of the molecule is CCCCSC(=S)N1CCCCO1. The highest BCUT2D eigenvalue weighted by Gasteiger charge is 2.13. The number of rotatable bonds is 3. The van der Waals surface area contributed by atoms with Crippen LogP contribution in [0.15, 0.2) is 0 Å². The van der Waals surface area contributed by atoms with Crippen molar-refractivity contribution in [1.29, 1.82) is 0 Å². The van der Waals surface area contributed by atoms with Crippen molar-refractivity contribution in [2.24, 2.45) is 0 Å². The van der Waals surface area contributed by atoms with Gasteiger partial charge in [0.25, 0.3) is 0 Å². The zero-order chi connectivity index (χ0) is 9.52. The molecule has 1 saturated heterocycles. The van der Waals surface area contributed by atoms with Crippen molar-refractivity contribution in [3.63, 3.8) is 0 Å². The molecule has 0 aromatic carbocycles. The second-order valence-electron chi connectivity index (χ2n) is 3.11. The van der Waals surface area contributed by atoms with Crippen molar-refractivity contribution >= 4 is 28.3 Å². The van der Waals surface area contributed by atoms with Crippen molar-refractivity contribution in [2.75, 3.05) is 18.9 Å². The third-order valence-corrected chi connectivity index (χ3v) is 3.43. The molecule has 1 aliphatic rings. The van der Waals surface area contributed by atoms with Gasteiger partial charge in [0.15, 0.2) is 4.32 Å². The predicted molar refractivity (Wildman–Crippen MR) is 61.9 cm³/mol. The number of nitrogens with zero attached hydrogens (tertiary/aromatic N) is 1. The number of thiocarbonyl (C=S) groups is 1. The fourth-order valence-corrected chi connectivity index (χ4v) is 2.41. The first-order valence-electron chi connectivity index (χ1n) is 4.92. The van der Waals surface area contributed by atoms with Crippen LogP contribution in [-0.2, 0) is 4.84 Å². The average Bonchev–Trinajstić information content (AvgIpc) is 2.19. The summed E-state index contributed by atoms with van der Waals surface area (Å²) in [5, 5.41) is 1.87. The van der Waals surface area contributed by atoms with Crippen molar-refractivity contribution in [2.45, 2.75) is 32.6 Å². The molecule has 76 valence electrons. The Morgan fingerprint density at radius 2 is 2.38 bits per heavy atom. The lowest BCUT2D eigenvalue weighted by Crippen LogP contribution is -2.33. The van der Waals surface area contributed by atoms with E-state index in [0.29, 0.717) is 0 Å². The van der Waals surface area contributed by atoms with Gasteiger partial charge in [0.1, 0.15) is 0 Å². The quantitative estimate of drug-likeness (QED) is 0.534. The molecule has 13 heavy (non-hydrogen) atoms. The van der Waals surface area contributed by atoms with E-state index in [4.69, 9.17) is 17.1 Å². The van der Waals surface area contributed by atoms with E-state index in [-0.39, 0.29) is 0 Å². The number of hydrogen-bond donors (Lipinski definition) is 0. The number of hydrogen-bond acceptors (Lipinski definition) is 3. The molecule has 1 aliphatic heterocycles. The first kappa shape index (κ1) is 11.3. The molecule has 0 saturated carbocycles. The zero-order valence-electron chi connectivity index (χ0n) is 8.12. The Morgan fingerprint density at radius 1 is 1.54 bits per heavy atom.